The first-order valence-corrected chi connectivity index (χ1v) is 11.0. The van der Waals surface area contributed by atoms with Crippen LogP contribution in [-0.4, -0.2) is 44.1 Å². The number of carbonyl (C=O) groups excluding carboxylic acids is 2. The first-order chi connectivity index (χ1) is 15.1. The van der Waals surface area contributed by atoms with Gasteiger partial charge in [-0.2, -0.15) is 4.98 Å². The average Bonchev–Trinajstić information content (AvgIpc) is 3.29. The Balaban J connectivity index is 1.61. The molecule has 9 nitrogen and oxygen atoms in total. The van der Waals surface area contributed by atoms with E-state index in [1.165, 1.54) is 37.0 Å². The molecule has 0 spiro atoms. The number of aromatic nitrogens is 3. The molecular weight excluding hydrogens is 398 g/mol. The first kappa shape index (κ1) is 22.9. The molecule has 1 fully saturated rings. The molecule has 1 aliphatic rings. The van der Waals surface area contributed by atoms with Crippen molar-refractivity contribution in [2.75, 3.05) is 7.05 Å². The van der Waals surface area contributed by atoms with Gasteiger partial charge < -0.3 is 9.42 Å². The number of amides is 2. The van der Waals surface area contributed by atoms with E-state index < -0.39 is 5.91 Å². The lowest BCUT2D eigenvalue weighted by Gasteiger charge is -2.22. The Morgan fingerprint density at radius 3 is 2.71 bits per heavy atom. The summed E-state index contributed by atoms with van der Waals surface area (Å²) < 4.78 is 5.36. The van der Waals surface area contributed by atoms with Crippen LogP contribution in [0.1, 0.15) is 85.8 Å². The number of hydroxylamine groups is 1. The van der Waals surface area contributed by atoms with Crippen LogP contribution < -0.4 is 5.48 Å². The number of pyridine rings is 1. The quantitative estimate of drug-likeness (QED) is 0.438. The molecule has 0 aromatic carbocycles. The monoisotopic (exact) mass is 429 g/mol. The van der Waals surface area contributed by atoms with Gasteiger partial charge in [-0.15, -0.1) is 0 Å². The summed E-state index contributed by atoms with van der Waals surface area (Å²) in [5, 5.41) is 12.8. The second-order valence-electron chi connectivity index (χ2n) is 8.34. The predicted molar refractivity (Wildman–Crippen MR) is 112 cm³/mol. The Bertz CT molecular complexity index is 835. The summed E-state index contributed by atoms with van der Waals surface area (Å²) in [6.45, 7) is 0.392. The Hall–Kier alpha value is -2.81. The molecule has 1 saturated carbocycles. The molecule has 3 rings (SSSR count). The zero-order chi connectivity index (χ0) is 22.1. The van der Waals surface area contributed by atoms with E-state index in [4.69, 9.17) is 9.73 Å². The summed E-state index contributed by atoms with van der Waals surface area (Å²) in [5.41, 5.74) is 2.61. The molecule has 0 saturated heterocycles. The Kier molecular flexibility index (Phi) is 8.52. The predicted octanol–water partition coefficient (Wildman–Crippen LogP) is 3.47. The van der Waals surface area contributed by atoms with E-state index in [0.29, 0.717) is 13.0 Å². The fourth-order valence-corrected chi connectivity index (χ4v) is 4.20. The highest BCUT2D eigenvalue weighted by atomic mass is 16.5. The van der Waals surface area contributed by atoms with Gasteiger partial charge in [0, 0.05) is 38.3 Å². The van der Waals surface area contributed by atoms with Crippen molar-refractivity contribution in [2.24, 2.45) is 5.92 Å². The van der Waals surface area contributed by atoms with Gasteiger partial charge in [-0.3, -0.25) is 19.8 Å². The molecule has 0 radical (unpaired) electrons. The molecule has 1 atom stereocenters. The highest BCUT2D eigenvalue weighted by molar-refractivity contribution is 5.90. The van der Waals surface area contributed by atoms with Gasteiger partial charge in [0.05, 0.1) is 0 Å². The summed E-state index contributed by atoms with van der Waals surface area (Å²) in [6, 6.07) is 3.67. The standard InChI is InChI=1S/C22H31N5O4/c1-27(15-17-10-12-23-13-11-17)22(29)20-24-21(31-26-20)18(14-19(28)25-30)9-5-8-16-6-3-2-4-7-16/h10-13,16,18,30H,2-9,14-15H2,1H3,(H,25,28)/t18-/m1/s1. The molecule has 2 N–H and O–H groups in total. The van der Waals surface area contributed by atoms with Gasteiger partial charge in [0.2, 0.25) is 11.8 Å². The van der Waals surface area contributed by atoms with Crippen molar-refractivity contribution in [3.8, 4) is 0 Å². The molecule has 9 heteroatoms. The number of hydrogen-bond donors (Lipinski definition) is 2. The van der Waals surface area contributed by atoms with Crippen molar-refractivity contribution < 1.29 is 19.3 Å². The largest absolute Gasteiger partial charge is 0.338 e. The van der Waals surface area contributed by atoms with Crippen LogP contribution in [0, 0.1) is 5.92 Å². The van der Waals surface area contributed by atoms with Crippen LogP contribution >= 0.6 is 0 Å². The molecule has 2 aromatic heterocycles. The van der Waals surface area contributed by atoms with Crippen LogP contribution in [0.25, 0.3) is 0 Å². The first-order valence-electron chi connectivity index (χ1n) is 11.0. The van der Waals surface area contributed by atoms with E-state index in [-0.39, 0.29) is 30.0 Å². The lowest BCUT2D eigenvalue weighted by Crippen LogP contribution is -2.27. The van der Waals surface area contributed by atoms with Gasteiger partial charge in [-0.1, -0.05) is 50.1 Å². The third-order valence-corrected chi connectivity index (χ3v) is 5.94. The van der Waals surface area contributed by atoms with Crippen LogP contribution in [0.3, 0.4) is 0 Å². The van der Waals surface area contributed by atoms with Gasteiger partial charge in [0.1, 0.15) is 0 Å². The maximum absolute atomic E-state index is 12.7. The van der Waals surface area contributed by atoms with Crippen LogP contribution in [0.2, 0.25) is 0 Å². The smallest absolute Gasteiger partial charge is 0.295 e. The lowest BCUT2D eigenvalue weighted by atomic mass is 9.84. The number of carbonyl (C=O) groups is 2. The van der Waals surface area contributed by atoms with E-state index in [0.717, 1.165) is 24.3 Å². The second-order valence-corrected chi connectivity index (χ2v) is 8.34. The zero-order valence-electron chi connectivity index (χ0n) is 18.0. The summed E-state index contributed by atoms with van der Waals surface area (Å²) in [4.78, 5) is 34.2. The summed E-state index contributed by atoms with van der Waals surface area (Å²) in [6.07, 6.45) is 12.5. The summed E-state index contributed by atoms with van der Waals surface area (Å²) >= 11 is 0. The molecule has 2 aromatic rings. The minimum atomic E-state index is -0.511. The van der Waals surface area contributed by atoms with Crippen molar-refractivity contribution >= 4 is 11.8 Å². The highest BCUT2D eigenvalue weighted by Gasteiger charge is 2.26. The highest BCUT2D eigenvalue weighted by Crippen LogP contribution is 2.31. The third kappa shape index (κ3) is 6.85. The fraction of sp³-hybridized carbons (Fsp3) is 0.591. The number of nitrogens with zero attached hydrogens (tertiary/aromatic N) is 4. The van der Waals surface area contributed by atoms with Gasteiger partial charge in [-0.25, -0.2) is 5.48 Å². The zero-order valence-corrected chi connectivity index (χ0v) is 18.0. The van der Waals surface area contributed by atoms with Crippen molar-refractivity contribution in [1.82, 2.24) is 25.5 Å². The van der Waals surface area contributed by atoms with Gasteiger partial charge in [0.25, 0.3) is 11.7 Å². The van der Waals surface area contributed by atoms with E-state index in [9.17, 15) is 9.59 Å². The minimum absolute atomic E-state index is 0.0316. The topological polar surface area (TPSA) is 121 Å². The van der Waals surface area contributed by atoms with Crippen molar-refractivity contribution in [3.63, 3.8) is 0 Å². The maximum atomic E-state index is 12.7. The second kappa shape index (κ2) is 11.5. The lowest BCUT2D eigenvalue weighted by molar-refractivity contribution is -0.129. The van der Waals surface area contributed by atoms with E-state index in [1.807, 2.05) is 12.1 Å². The average molecular weight is 430 g/mol. The minimum Gasteiger partial charge on any atom is -0.338 e. The third-order valence-electron chi connectivity index (χ3n) is 5.94. The van der Waals surface area contributed by atoms with Crippen molar-refractivity contribution in [1.29, 1.82) is 0 Å². The molecule has 0 aliphatic heterocycles. The molecule has 168 valence electrons. The van der Waals surface area contributed by atoms with Crippen LogP contribution in [0.5, 0.6) is 0 Å². The number of rotatable bonds is 10. The molecule has 2 heterocycles. The van der Waals surface area contributed by atoms with Crippen LogP contribution in [-0.2, 0) is 11.3 Å². The SMILES string of the molecule is CN(Cc1ccncc1)C(=O)c1noc([C@H](CCCC2CCCCC2)CC(=O)NO)n1. The fourth-order valence-electron chi connectivity index (χ4n) is 4.20. The van der Waals surface area contributed by atoms with Crippen molar-refractivity contribution in [2.45, 2.75) is 70.3 Å². The van der Waals surface area contributed by atoms with E-state index in [2.05, 4.69) is 15.1 Å². The number of hydrogen-bond acceptors (Lipinski definition) is 7. The molecule has 1 aliphatic carbocycles. The molecule has 0 unspecified atom stereocenters. The van der Waals surface area contributed by atoms with Crippen LogP contribution in [0.4, 0.5) is 0 Å². The molecule has 0 bridgehead atoms. The Morgan fingerprint density at radius 2 is 2.00 bits per heavy atom. The molecule has 31 heavy (non-hydrogen) atoms. The summed E-state index contributed by atoms with van der Waals surface area (Å²) in [5.74, 6) is -0.248. The van der Waals surface area contributed by atoms with E-state index >= 15 is 0 Å². The normalized spacial score (nSPS) is 15.4. The van der Waals surface area contributed by atoms with Crippen molar-refractivity contribution in [3.05, 3.63) is 41.8 Å². The van der Waals surface area contributed by atoms with Gasteiger partial charge >= 0.3 is 0 Å². The van der Waals surface area contributed by atoms with Gasteiger partial charge in [0.15, 0.2) is 0 Å². The maximum Gasteiger partial charge on any atom is 0.295 e. The van der Waals surface area contributed by atoms with E-state index in [1.54, 1.807) is 24.9 Å². The Morgan fingerprint density at radius 1 is 1.26 bits per heavy atom. The van der Waals surface area contributed by atoms with Crippen LogP contribution in [0.15, 0.2) is 29.0 Å². The number of nitrogens with one attached hydrogen (secondary N) is 1. The van der Waals surface area contributed by atoms with Gasteiger partial charge in [-0.05, 0) is 30.0 Å². The Labute approximate surface area is 182 Å². The molecule has 2 amide bonds. The molecular formula is C22H31N5O4. The summed E-state index contributed by atoms with van der Waals surface area (Å²) in [7, 11) is 1.67.